The number of aromatic nitrogens is 1. The van der Waals surface area contributed by atoms with Gasteiger partial charge in [0.1, 0.15) is 12.4 Å². The molecule has 0 bridgehead atoms. The summed E-state index contributed by atoms with van der Waals surface area (Å²) in [7, 11) is 3.83. The Morgan fingerprint density at radius 2 is 2.00 bits per heavy atom. The van der Waals surface area contributed by atoms with Gasteiger partial charge >= 0.3 is 0 Å². The number of hydrogen-bond acceptors (Lipinski definition) is 5. The minimum absolute atomic E-state index is 0.661. The summed E-state index contributed by atoms with van der Waals surface area (Å²) in [5, 5.41) is 6.62. The van der Waals surface area contributed by atoms with E-state index >= 15 is 0 Å². The van der Waals surface area contributed by atoms with Crippen molar-refractivity contribution >= 4 is 17.3 Å². The molecule has 0 radical (unpaired) electrons. The first-order valence-electron chi connectivity index (χ1n) is 9.83. The number of nitrogens with zero attached hydrogens (tertiary/aromatic N) is 4. The third-order valence-corrected chi connectivity index (χ3v) is 5.43. The molecule has 1 heterocycles. The molecule has 6 nitrogen and oxygen atoms in total. The Labute approximate surface area is 173 Å². The van der Waals surface area contributed by atoms with Crippen LogP contribution in [0.4, 0.5) is 0 Å². The normalized spacial score (nSPS) is 11.7. The SMILES string of the molecule is CCN(CC)CCOc1ccccc1CNC(=NC)N(C)Cc1csc(C)n1. The zero-order valence-electron chi connectivity index (χ0n) is 17.7. The highest BCUT2D eigenvalue weighted by Gasteiger charge is 2.10. The molecule has 0 spiro atoms. The average Bonchev–Trinajstić information content (AvgIpc) is 3.11. The van der Waals surface area contributed by atoms with Crippen LogP contribution in [0, 0.1) is 6.92 Å². The lowest BCUT2D eigenvalue weighted by atomic mass is 10.2. The summed E-state index contributed by atoms with van der Waals surface area (Å²) < 4.78 is 6.05. The Morgan fingerprint density at radius 1 is 1.25 bits per heavy atom. The third kappa shape index (κ3) is 6.80. The van der Waals surface area contributed by atoms with Crippen molar-refractivity contribution < 1.29 is 4.74 Å². The predicted octanol–water partition coefficient (Wildman–Crippen LogP) is 3.38. The average molecular weight is 404 g/mol. The number of rotatable bonds is 10. The zero-order valence-corrected chi connectivity index (χ0v) is 18.6. The van der Waals surface area contributed by atoms with Gasteiger partial charge in [0.2, 0.25) is 0 Å². The molecule has 7 heteroatoms. The van der Waals surface area contributed by atoms with Crippen molar-refractivity contribution in [3.63, 3.8) is 0 Å². The maximum atomic E-state index is 6.05. The first-order valence-corrected chi connectivity index (χ1v) is 10.7. The van der Waals surface area contributed by atoms with Gasteiger partial charge in [0.25, 0.3) is 0 Å². The van der Waals surface area contributed by atoms with Crippen LogP contribution in [0.5, 0.6) is 5.75 Å². The number of hydrogen-bond donors (Lipinski definition) is 1. The van der Waals surface area contributed by atoms with Crippen molar-refractivity contribution in [2.24, 2.45) is 4.99 Å². The summed E-state index contributed by atoms with van der Waals surface area (Å²) in [4.78, 5) is 13.4. The summed E-state index contributed by atoms with van der Waals surface area (Å²) in [6.07, 6.45) is 0. The molecular weight excluding hydrogens is 370 g/mol. The van der Waals surface area contributed by atoms with Crippen molar-refractivity contribution in [2.45, 2.75) is 33.9 Å². The lowest BCUT2D eigenvalue weighted by Gasteiger charge is -2.22. The quantitative estimate of drug-likeness (QED) is 0.487. The number of aliphatic imine (C=N–C) groups is 1. The molecule has 0 aliphatic heterocycles. The van der Waals surface area contributed by atoms with Gasteiger partial charge in [-0.05, 0) is 26.1 Å². The molecule has 1 aromatic carbocycles. The Hall–Kier alpha value is -2.12. The highest BCUT2D eigenvalue weighted by Crippen LogP contribution is 2.18. The molecule has 154 valence electrons. The maximum absolute atomic E-state index is 6.05. The topological polar surface area (TPSA) is 53.0 Å². The fourth-order valence-corrected chi connectivity index (χ4v) is 3.58. The molecule has 0 unspecified atom stereocenters. The molecule has 0 amide bonds. The molecular formula is C21H33N5OS. The smallest absolute Gasteiger partial charge is 0.194 e. The van der Waals surface area contributed by atoms with E-state index in [1.54, 1.807) is 18.4 Å². The molecule has 0 saturated heterocycles. The standard InChI is InChI=1S/C21H33N5OS/c1-6-26(7-2)12-13-27-20-11-9-8-10-18(20)14-23-21(22-4)25(5)15-19-16-28-17(3)24-19/h8-11,16H,6-7,12-15H2,1-5H3,(H,22,23). The van der Waals surface area contributed by atoms with E-state index in [0.29, 0.717) is 13.2 Å². The fraction of sp³-hybridized carbons (Fsp3) is 0.524. The largest absolute Gasteiger partial charge is 0.492 e. The van der Waals surface area contributed by atoms with Crippen molar-refractivity contribution in [1.82, 2.24) is 20.1 Å². The van der Waals surface area contributed by atoms with Crippen LogP contribution >= 0.6 is 11.3 Å². The highest BCUT2D eigenvalue weighted by molar-refractivity contribution is 7.09. The highest BCUT2D eigenvalue weighted by atomic mass is 32.1. The number of guanidine groups is 1. The van der Waals surface area contributed by atoms with E-state index in [2.05, 4.69) is 50.4 Å². The van der Waals surface area contributed by atoms with Gasteiger partial charge in [-0.25, -0.2) is 4.98 Å². The number of likely N-dealkylation sites (N-methyl/N-ethyl adjacent to an activating group) is 1. The first kappa shape index (κ1) is 22.2. The molecule has 0 aliphatic rings. The van der Waals surface area contributed by atoms with E-state index in [0.717, 1.165) is 54.2 Å². The summed E-state index contributed by atoms with van der Waals surface area (Å²) in [5.41, 5.74) is 2.19. The second kappa shape index (κ2) is 11.7. The molecule has 1 aromatic heterocycles. The second-order valence-corrected chi connectivity index (χ2v) is 7.66. The molecule has 0 atom stereocenters. The Bertz CT molecular complexity index is 742. The van der Waals surface area contributed by atoms with Gasteiger partial charge in [0, 0.05) is 38.1 Å². The van der Waals surface area contributed by atoms with E-state index in [1.807, 2.05) is 32.2 Å². The lowest BCUT2D eigenvalue weighted by Crippen LogP contribution is -2.38. The second-order valence-electron chi connectivity index (χ2n) is 6.60. The van der Waals surface area contributed by atoms with Gasteiger partial charge < -0.3 is 19.9 Å². The number of ether oxygens (including phenoxy) is 1. The van der Waals surface area contributed by atoms with Gasteiger partial charge in [0.15, 0.2) is 5.96 Å². The van der Waals surface area contributed by atoms with Gasteiger partial charge in [-0.3, -0.25) is 4.99 Å². The van der Waals surface area contributed by atoms with Crippen LogP contribution in [0.3, 0.4) is 0 Å². The molecule has 0 fully saturated rings. The first-order chi connectivity index (χ1) is 13.6. The van der Waals surface area contributed by atoms with Gasteiger partial charge in [-0.2, -0.15) is 0 Å². The summed E-state index contributed by atoms with van der Waals surface area (Å²) >= 11 is 1.67. The number of nitrogens with one attached hydrogen (secondary N) is 1. The minimum Gasteiger partial charge on any atom is -0.492 e. The van der Waals surface area contributed by atoms with Crippen LogP contribution in [0.25, 0.3) is 0 Å². The summed E-state index contributed by atoms with van der Waals surface area (Å²) in [6, 6.07) is 8.18. The van der Waals surface area contributed by atoms with Crippen molar-refractivity contribution in [2.75, 3.05) is 40.3 Å². The molecule has 1 N–H and O–H groups in total. The minimum atomic E-state index is 0.661. The van der Waals surface area contributed by atoms with Crippen LogP contribution in [0.2, 0.25) is 0 Å². The zero-order chi connectivity index (χ0) is 20.4. The number of aryl methyl sites for hydroxylation is 1. The Balaban J connectivity index is 1.91. The molecule has 28 heavy (non-hydrogen) atoms. The van der Waals surface area contributed by atoms with Crippen LogP contribution < -0.4 is 10.1 Å². The summed E-state index contributed by atoms with van der Waals surface area (Å²) in [6.45, 7) is 11.5. The van der Waals surface area contributed by atoms with Gasteiger partial charge in [-0.1, -0.05) is 32.0 Å². The van der Waals surface area contributed by atoms with E-state index in [4.69, 9.17) is 4.74 Å². The number of thiazole rings is 1. The molecule has 2 aromatic rings. The van der Waals surface area contributed by atoms with E-state index in [-0.39, 0.29) is 0 Å². The number of benzene rings is 1. The third-order valence-electron chi connectivity index (χ3n) is 4.61. The van der Waals surface area contributed by atoms with Gasteiger partial charge in [0.05, 0.1) is 17.2 Å². The Kier molecular flexibility index (Phi) is 9.23. The predicted molar refractivity (Wildman–Crippen MR) is 118 cm³/mol. The molecule has 0 saturated carbocycles. The van der Waals surface area contributed by atoms with Gasteiger partial charge in [-0.15, -0.1) is 11.3 Å². The number of para-hydroxylation sites is 1. The molecule has 2 rings (SSSR count). The lowest BCUT2D eigenvalue weighted by molar-refractivity contribution is 0.221. The maximum Gasteiger partial charge on any atom is 0.194 e. The van der Waals surface area contributed by atoms with Crippen LogP contribution in [-0.2, 0) is 13.1 Å². The summed E-state index contributed by atoms with van der Waals surface area (Å²) in [5.74, 6) is 1.76. The Morgan fingerprint density at radius 3 is 2.64 bits per heavy atom. The van der Waals surface area contributed by atoms with Crippen molar-refractivity contribution in [3.05, 3.63) is 45.9 Å². The van der Waals surface area contributed by atoms with E-state index in [9.17, 15) is 0 Å². The van der Waals surface area contributed by atoms with E-state index in [1.165, 1.54) is 0 Å². The van der Waals surface area contributed by atoms with Crippen LogP contribution in [0.15, 0.2) is 34.6 Å². The van der Waals surface area contributed by atoms with Crippen molar-refractivity contribution in [3.8, 4) is 5.75 Å². The fourth-order valence-electron chi connectivity index (χ4n) is 2.97. The van der Waals surface area contributed by atoms with Crippen LogP contribution in [-0.4, -0.2) is 61.1 Å². The van der Waals surface area contributed by atoms with Crippen LogP contribution in [0.1, 0.15) is 30.1 Å². The van der Waals surface area contributed by atoms with E-state index < -0.39 is 0 Å². The monoisotopic (exact) mass is 403 g/mol. The molecule has 0 aliphatic carbocycles. The van der Waals surface area contributed by atoms with Crippen molar-refractivity contribution in [1.29, 1.82) is 0 Å².